The monoisotopic (exact) mass is 280 g/mol. The molecule has 1 aromatic rings. The van der Waals surface area contributed by atoms with Gasteiger partial charge in [0.25, 0.3) is 5.69 Å². The summed E-state index contributed by atoms with van der Waals surface area (Å²) in [6.45, 7) is 2.30. The van der Waals surface area contributed by atoms with Gasteiger partial charge >= 0.3 is 0 Å². The molecule has 0 bridgehead atoms. The first kappa shape index (κ1) is 14.2. The highest BCUT2D eigenvalue weighted by atomic mass is 32.2. The molecule has 2 atom stereocenters. The van der Waals surface area contributed by atoms with Gasteiger partial charge in [0.2, 0.25) is 0 Å². The Morgan fingerprint density at radius 2 is 2.26 bits per heavy atom. The highest BCUT2D eigenvalue weighted by Gasteiger charge is 2.19. The van der Waals surface area contributed by atoms with E-state index >= 15 is 0 Å². The lowest BCUT2D eigenvalue weighted by Crippen LogP contribution is -2.15. The third-order valence-corrected chi connectivity index (χ3v) is 5.08. The Balaban J connectivity index is 1.98. The molecular formula is C14H20N2O2S. The smallest absolute Gasteiger partial charge is 0.269 e. The summed E-state index contributed by atoms with van der Waals surface area (Å²) in [7, 11) is 0. The molecule has 19 heavy (non-hydrogen) atoms. The molecule has 2 N–H and O–H groups in total. The van der Waals surface area contributed by atoms with E-state index < -0.39 is 0 Å². The highest BCUT2D eigenvalue weighted by Crippen LogP contribution is 2.35. The van der Waals surface area contributed by atoms with Crippen molar-refractivity contribution >= 4 is 23.1 Å². The number of rotatable bonds is 4. The van der Waals surface area contributed by atoms with Gasteiger partial charge in [0.05, 0.1) is 4.92 Å². The van der Waals surface area contributed by atoms with Crippen molar-refractivity contribution in [3.8, 4) is 0 Å². The van der Waals surface area contributed by atoms with E-state index in [1.807, 2.05) is 11.8 Å². The van der Waals surface area contributed by atoms with Crippen molar-refractivity contribution in [1.82, 2.24) is 0 Å². The quantitative estimate of drug-likeness (QED) is 0.514. The Morgan fingerprint density at radius 3 is 2.95 bits per heavy atom. The van der Waals surface area contributed by atoms with Crippen molar-refractivity contribution in [2.45, 2.75) is 43.6 Å². The van der Waals surface area contributed by atoms with E-state index in [2.05, 4.69) is 6.92 Å². The molecule has 1 aliphatic carbocycles. The Morgan fingerprint density at radius 1 is 1.47 bits per heavy atom. The van der Waals surface area contributed by atoms with E-state index in [1.54, 1.807) is 12.1 Å². The number of thioether (sulfide) groups is 1. The van der Waals surface area contributed by atoms with Crippen LogP contribution in [-0.4, -0.2) is 10.2 Å². The van der Waals surface area contributed by atoms with Crippen LogP contribution < -0.4 is 5.73 Å². The number of benzene rings is 1. The van der Waals surface area contributed by atoms with Crippen LogP contribution in [-0.2, 0) is 5.75 Å². The fourth-order valence-electron chi connectivity index (χ4n) is 2.57. The number of hydrogen-bond donors (Lipinski definition) is 1. The summed E-state index contributed by atoms with van der Waals surface area (Å²) in [5.41, 5.74) is 7.56. The summed E-state index contributed by atoms with van der Waals surface area (Å²) in [5.74, 6) is 1.57. The lowest BCUT2D eigenvalue weighted by Gasteiger charge is -2.26. The maximum absolute atomic E-state index is 10.8. The van der Waals surface area contributed by atoms with Crippen molar-refractivity contribution in [3.63, 3.8) is 0 Å². The van der Waals surface area contributed by atoms with Gasteiger partial charge in [0, 0.05) is 28.8 Å². The number of non-ortho nitro benzene ring substituents is 1. The van der Waals surface area contributed by atoms with Crippen LogP contribution in [0.5, 0.6) is 0 Å². The van der Waals surface area contributed by atoms with E-state index in [0.717, 1.165) is 17.2 Å². The molecule has 5 heteroatoms. The fraction of sp³-hybridized carbons (Fsp3) is 0.571. The summed E-state index contributed by atoms with van der Waals surface area (Å²) in [5, 5.41) is 11.4. The van der Waals surface area contributed by atoms with Crippen LogP contribution >= 0.6 is 11.8 Å². The maximum atomic E-state index is 10.8. The molecule has 0 saturated heterocycles. The predicted molar refractivity (Wildman–Crippen MR) is 80.2 cm³/mol. The van der Waals surface area contributed by atoms with Gasteiger partial charge in [-0.3, -0.25) is 10.1 Å². The molecule has 0 amide bonds. The largest absolute Gasteiger partial charge is 0.398 e. The zero-order valence-electron chi connectivity index (χ0n) is 11.2. The van der Waals surface area contributed by atoms with Crippen molar-refractivity contribution in [1.29, 1.82) is 0 Å². The second kappa shape index (κ2) is 6.28. The molecule has 0 radical (unpaired) electrons. The van der Waals surface area contributed by atoms with Gasteiger partial charge in [0.1, 0.15) is 0 Å². The first-order valence-corrected chi connectivity index (χ1v) is 7.75. The molecular weight excluding hydrogens is 260 g/mol. The molecule has 1 aliphatic rings. The van der Waals surface area contributed by atoms with Gasteiger partial charge in [-0.25, -0.2) is 0 Å². The highest BCUT2D eigenvalue weighted by molar-refractivity contribution is 7.99. The molecule has 1 aromatic carbocycles. The number of nitrogens with zero attached hydrogens (tertiary/aromatic N) is 1. The minimum atomic E-state index is -0.365. The SMILES string of the molecule is CC1CCCC(SCc2cc([N+](=O)[O-])ccc2N)C1. The fourth-order valence-corrected chi connectivity index (χ4v) is 4.03. The van der Waals surface area contributed by atoms with Crippen molar-refractivity contribution in [3.05, 3.63) is 33.9 Å². The minimum absolute atomic E-state index is 0.127. The van der Waals surface area contributed by atoms with Crippen LogP contribution in [0.1, 0.15) is 38.2 Å². The van der Waals surface area contributed by atoms with Crippen molar-refractivity contribution in [2.75, 3.05) is 5.73 Å². The summed E-state index contributed by atoms with van der Waals surface area (Å²) in [6, 6.07) is 4.71. The summed E-state index contributed by atoms with van der Waals surface area (Å²) in [4.78, 5) is 10.4. The van der Waals surface area contributed by atoms with E-state index in [1.165, 1.54) is 31.7 Å². The summed E-state index contributed by atoms with van der Waals surface area (Å²) >= 11 is 1.89. The van der Waals surface area contributed by atoms with Crippen LogP contribution in [0.4, 0.5) is 11.4 Å². The number of nitrogens with two attached hydrogens (primary N) is 1. The normalized spacial score (nSPS) is 23.2. The first-order chi connectivity index (χ1) is 9.06. The Kier molecular flexibility index (Phi) is 4.69. The van der Waals surface area contributed by atoms with Crippen LogP contribution in [0.2, 0.25) is 0 Å². The van der Waals surface area contributed by atoms with Crippen molar-refractivity contribution in [2.24, 2.45) is 5.92 Å². The minimum Gasteiger partial charge on any atom is -0.398 e. The molecule has 104 valence electrons. The summed E-state index contributed by atoms with van der Waals surface area (Å²) in [6.07, 6.45) is 5.13. The lowest BCUT2D eigenvalue weighted by molar-refractivity contribution is -0.384. The van der Waals surface area contributed by atoms with Crippen LogP contribution in [0.25, 0.3) is 0 Å². The number of anilines is 1. The second-order valence-electron chi connectivity index (χ2n) is 5.35. The number of nitro benzene ring substituents is 1. The van der Waals surface area contributed by atoms with Crippen LogP contribution in [0.3, 0.4) is 0 Å². The third kappa shape index (κ3) is 3.86. The van der Waals surface area contributed by atoms with E-state index in [9.17, 15) is 10.1 Å². The number of nitro groups is 1. The molecule has 0 aromatic heterocycles. The maximum Gasteiger partial charge on any atom is 0.269 e. The van der Waals surface area contributed by atoms with Gasteiger partial charge < -0.3 is 5.73 Å². The average molecular weight is 280 g/mol. The molecule has 1 saturated carbocycles. The van der Waals surface area contributed by atoms with Gasteiger partial charge in [-0.15, -0.1) is 0 Å². The molecule has 0 aliphatic heterocycles. The van der Waals surface area contributed by atoms with E-state index in [-0.39, 0.29) is 10.6 Å². The first-order valence-electron chi connectivity index (χ1n) is 6.70. The third-order valence-electron chi connectivity index (χ3n) is 3.70. The lowest BCUT2D eigenvalue weighted by atomic mass is 9.91. The predicted octanol–water partition coefficient (Wildman–Crippen LogP) is 3.99. The van der Waals surface area contributed by atoms with Gasteiger partial charge in [0.15, 0.2) is 0 Å². The molecule has 1 fully saturated rings. The molecule has 2 unspecified atom stereocenters. The number of hydrogen-bond acceptors (Lipinski definition) is 4. The second-order valence-corrected chi connectivity index (χ2v) is 6.63. The Labute approximate surface area is 117 Å². The van der Waals surface area contributed by atoms with Crippen molar-refractivity contribution < 1.29 is 4.92 Å². The van der Waals surface area contributed by atoms with E-state index in [4.69, 9.17) is 5.73 Å². The topological polar surface area (TPSA) is 69.2 Å². The Bertz CT molecular complexity index is 465. The number of nitrogen functional groups attached to an aromatic ring is 1. The van der Waals surface area contributed by atoms with Gasteiger partial charge in [-0.1, -0.05) is 19.8 Å². The van der Waals surface area contributed by atoms with E-state index in [0.29, 0.717) is 10.9 Å². The van der Waals surface area contributed by atoms with Gasteiger partial charge in [-0.2, -0.15) is 11.8 Å². The molecule has 4 nitrogen and oxygen atoms in total. The standard InChI is InChI=1S/C14H20N2O2S/c1-10-3-2-4-13(7-10)19-9-11-8-12(16(17)18)5-6-14(11)15/h5-6,8,10,13H,2-4,7,9,15H2,1H3. The average Bonchev–Trinajstić information content (AvgIpc) is 2.37. The van der Waals surface area contributed by atoms with Crippen LogP contribution in [0.15, 0.2) is 18.2 Å². The molecule has 0 spiro atoms. The molecule has 0 heterocycles. The molecule has 2 rings (SSSR count). The Hall–Kier alpha value is -1.23. The summed E-state index contributed by atoms with van der Waals surface area (Å²) < 4.78 is 0. The zero-order chi connectivity index (χ0) is 13.8. The van der Waals surface area contributed by atoms with Gasteiger partial charge in [-0.05, 0) is 30.4 Å². The van der Waals surface area contributed by atoms with Crippen LogP contribution in [0, 0.1) is 16.0 Å². The zero-order valence-corrected chi connectivity index (χ0v) is 12.0.